The molecule has 6 N–H and O–H groups in total. The van der Waals surface area contributed by atoms with Crippen LogP contribution < -0.4 is 21.3 Å². The predicted octanol–water partition coefficient (Wildman–Crippen LogP) is 1.00. The lowest BCUT2D eigenvalue weighted by Crippen LogP contribution is -2.56. The van der Waals surface area contributed by atoms with Crippen molar-refractivity contribution in [3.05, 3.63) is 35.9 Å². The van der Waals surface area contributed by atoms with Crippen LogP contribution in [0, 0.1) is 0 Å². The molecule has 0 aliphatic heterocycles. The summed E-state index contributed by atoms with van der Waals surface area (Å²) >= 11 is 1.44. The molecule has 0 bridgehead atoms. The average molecular weight is 611 g/mol. The molecule has 1 rings (SSSR count). The summed E-state index contributed by atoms with van der Waals surface area (Å²) in [6.45, 7) is 8.65. The summed E-state index contributed by atoms with van der Waals surface area (Å²) in [6.07, 6.45) is 1.49. The molecular weight excluding hydrogens is 564 g/mol. The monoisotopic (exact) mass is 610 g/mol. The van der Waals surface area contributed by atoms with Gasteiger partial charge in [-0.05, 0) is 58.3 Å². The van der Waals surface area contributed by atoms with E-state index in [4.69, 9.17) is 4.74 Å². The number of ether oxygens (including phenoxy) is 1. The molecule has 0 saturated heterocycles. The SMILES string of the molecule is CCOC(C)(C)CCCCSC[C@H](NC(=O)CNC(=O)C(NC(C)=O)C(C)O)C(=O)N[C@@H](Cc1ccccc1)C(=O)O. The number of carboxylic acid groups (broad SMARTS) is 1. The largest absolute Gasteiger partial charge is 0.480 e. The normalized spacial score (nSPS) is 14.1. The van der Waals surface area contributed by atoms with Crippen LogP contribution in [0.1, 0.15) is 59.4 Å². The minimum absolute atomic E-state index is 0.0608. The Bertz CT molecular complexity index is 1020. The first-order valence-electron chi connectivity index (χ1n) is 14.1. The third kappa shape index (κ3) is 15.2. The van der Waals surface area contributed by atoms with E-state index in [2.05, 4.69) is 21.3 Å². The van der Waals surface area contributed by atoms with Gasteiger partial charge in [0.1, 0.15) is 18.1 Å². The van der Waals surface area contributed by atoms with Crippen molar-refractivity contribution in [3.63, 3.8) is 0 Å². The predicted molar refractivity (Wildman–Crippen MR) is 161 cm³/mol. The Morgan fingerprint density at radius 2 is 1.64 bits per heavy atom. The molecule has 0 heterocycles. The Balaban J connectivity index is 2.83. The number of rotatable bonds is 20. The van der Waals surface area contributed by atoms with Gasteiger partial charge in [0.05, 0.1) is 18.2 Å². The van der Waals surface area contributed by atoms with Gasteiger partial charge in [0.25, 0.3) is 0 Å². The van der Waals surface area contributed by atoms with Crippen LogP contribution in [0.2, 0.25) is 0 Å². The van der Waals surface area contributed by atoms with Crippen LogP contribution in [-0.2, 0) is 35.1 Å². The molecular formula is C29H46N4O8S. The number of carboxylic acids is 1. The van der Waals surface area contributed by atoms with Crippen molar-refractivity contribution in [3.8, 4) is 0 Å². The summed E-state index contributed by atoms with van der Waals surface area (Å²) in [7, 11) is 0. The number of aliphatic hydroxyl groups excluding tert-OH is 1. The summed E-state index contributed by atoms with van der Waals surface area (Å²) in [4.78, 5) is 61.5. The molecule has 0 aromatic heterocycles. The Labute approximate surface area is 252 Å². The molecule has 0 fully saturated rings. The molecule has 2 unspecified atom stereocenters. The first-order chi connectivity index (χ1) is 19.8. The highest BCUT2D eigenvalue weighted by Gasteiger charge is 2.28. The van der Waals surface area contributed by atoms with Crippen LogP contribution in [0.25, 0.3) is 0 Å². The third-order valence-corrected chi connectivity index (χ3v) is 7.38. The van der Waals surface area contributed by atoms with Gasteiger partial charge >= 0.3 is 5.97 Å². The molecule has 1 aromatic rings. The zero-order valence-electron chi connectivity index (χ0n) is 25.1. The summed E-state index contributed by atoms with van der Waals surface area (Å²) in [5, 5.41) is 29.3. The van der Waals surface area contributed by atoms with Gasteiger partial charge in [0, 0.05) is 25.7 Å². The standard InChI is InChI=1S/C29H46N4O8S/c1-6-41-29(4,5)14-10-11-15-42-18-23(26(37)33-22(28(39)40)16-21-12-8-7-9-13-21)32-24(36)17-30-27(38)25(19(2)34)31-20(3)35/h7-9,12-13,19,22-23,25,34H,6,10-11,14-18H2,1-5H3,(H,30,38)(H,31,35)(H,32,36)(H,33,37)(H,39,40)/t19?,22-,23-,25?/m0/s1. The van der Waals surface area contributed by atoms with E-state index in [-0.39, 0.29) is 17.8 Å². The number of hydrogen-bond donors (Lipinski definition) is 6. The molecule has 13 heteroatoms. The Morgan fingerprint density at radius 1 is 0.976 bits per heavy atom. The maximum absolute atomic E-state index is 13.2. The van der Waals surface area contributed by atoms with Crippen LogP contribution >= 0.6 is 11.8 Å². The van der Waals surface area contributed by atoms with E-state index in [9.17, 15) is 34.2 Å². The van der Waals surface area contributed by atoms with Crippen LogP contribution in [0.3, 0.4) is 0 Å². The van der Waals surface area contributed by atoms with Crippen molar-refractivity contribution in [1.29, 1.82) is 0 Å². The summed E-state index contributed by atoms with van der Waals surface area (Å²) in [6, 6.07) is 5.32. The number of aliphatic hydroxyl groups is 1. The van der Waals surface area contributed by atoms with Crippen molar-refractivity contribution in [2.24, 2.45) is 0 Å². The summed E-state index contributed by atoms with van der Waals surface area (Å²) in [5.74, 6) is -2.98. The lowest BCUT2D eigenvalue weighted by atomic mass is 10.0. The third-order valence-electron chi connectivity index (χ3n) is 6.23. The molecule has 236 valence electrons. The molecule has 0 spiro atoms. The number of hydrogen-bond acceptors (Lipinski definition) is 8. The van der Waals surface area contributed by atoms with Crippen LogP contribution in [0.4, 0.5) is 0 Å². The molecule has 42 heavy (non-hydrogen) atoms. The van der Waals surface area contributed by atoms with Gasteiger partial charge in [-0.1, -0.05) is 30.3 Å². The molecule has 4 amide bonds. The fraction of sp³-hybridized carbons (Fsp3) is 0.621. The van der Waals surface area contributed by atoms with Gasteiger partial charge in [0.15, 0.2) is 0 Å². The quantitative estimate of drug-likeness (QED) is 0.117. The highest BCUT2D eigenvalue weighted by atomic mass is 32.2. The lowest BCUT2D eigenvalue weighted by molar-refractivity contribution is -0.142. The first-order valence-corrected chi connectivity index (χ1v) is 15.2. The van der Waals surface area contributed by atoms with E-state index in [1.54, 1.807) is 30.3 Å². The van der Waals surface area contributed by atoms with Crippen molar-refractivity contribution >= 4 is 41.4 Å². The second-order valence-corrected chi connectivity index (χ2v) is 11.7. The van der Waals surface area contributed by atoms with E-state index < -0.39 is 60.4 Å². The Morgan fingerprint density at radius 3 is 2.21 bits per heavy atom. The smallest absolute Gasteiger partial charge is 0.326 e. The van der Waals surface area contributed by atoms with Crippen molar-refractivity contribution < 1.29 is 38.9 Å². The second kappa shape index (κ2) is 19.1. The molecule has 1 aromatic carbocycles. The van der Waals surface area contributed by atoms with Crippen LogP contribution in [0.5, 0.6) is 0 Å². The highest BCUT2D eigenvalue weighted by Crippen LogP contribution is 2.19. The van der Waals surface area contributed by atoms with Gasteiger partial charge in [-0.2, -0.15) is 11.8 Å². The molecule has 0 saturated carbocycles. The number of thioether (sulfide) groups is 1. The Hall–Kier alpha value is -3.16. The van der Waals surface area contributed by atoms with Gasteiger partial charge < -0.3 is 36.2 Å². The van der Waals surface area contributed by atoms with E-state index in [0.717, 1.165) is 24.8 Å². The fourth-order valence-electron chi connectivity index (χ4n) is 4.07. The molecule has 0 radical (unpaired) electrons. The molecule has 0 aliphatic carbocycles. The topological polar surface area (TPSA) is 183 Å². The minimum Gasteiger partial charge on any atom is -0.480 e. The van der Waals surface area contributed by atoms with Crippen LogP contribution in [0.15, 0.2) is 30.3 Å². The zero-order chi connectivity index (χ0) is 31.7. The van der Waals surface area contributed by atoms with Gasteiger partial charge in [-0.25, -0.2) is 4.79 Å². The van der Waals surface area contributed by atoms with E-state index in [1.807, 2.05) is 20.8 Å². The van der Waals surface area contributed by atoms with Crippen molar-refractivity contribution in [2.45, 2.75) is 90.1 Å². The van der Waals surface area contributed by atoms with E-state index in [0.29, 0.717) is 12.4 Å². The molecule has 12 nitrogen and oxygen atoms in total. The maximum atomic E-state index is 13.2. The second-order valence-electron chi connectivity index (χ2n) is 10.6. The number of aliphatic carboxylic acids is 1. The lowest BCUT2D eigenvalue weighted by Gasteiger charge is -2.24. The molecule has 4 atom stereocenters. The maximum Gasteiger partial charge on any atom is 0.326 e. The van der Waals surface area contributed by atoms with Gasteiger partial charge in [0.2, 0.25) is 23.6 Å². The highest BCUT2D eigenvalue weighted by molar-refractivity contribution is 7.99. The van der Waals surface area contributed by atoms with Crippen molar-refractivity contribution in [1.82, 2.24) is 21.3 Å². The number of nitrogens with one attached hydrogen (secondary N) is 4. The van der Waals surface area contributed by atoms with Crippen LogP contribution in [-0.4, -0.2) is 94.3 Å². The van der Waals surface area contributed by atoms with Gasteiger partial charge in [-0.15, -0.1) is 0 Å². The first kappa shape index (κ1) is 36.9. The minimum atomic E-state index is -1.26. The zero-order valence-corrected chi connectivity index (χ0v) is 25.9. The van der Waals surface area contributed by atoms with Gasteiger partial charge in [-0.3, -0.25) is 19.2 Å². The number of amides is 4. The number of carbonyl (C=O) groups is 5. The van der Waals surface area contributed by atoms with E-state index >= 15 is 0 Å². The number of carbonyl (C=O) groups excluding carboxylic acids is 4. The fourth-order valence-corrected chi connectivity index (χ4v) is 5.12. The summed E-state index contributed by atoms with van der Waals surface area (Å²) in [5.41, 5.74) is 0.502. The van der Waals surface area contributed by atoms with E-state index in [1.165, 1.54) is 25.6 Å². The average Bonchev–Trinajstić information content (AvgIpc) is 2.91. The van der Waals surface area contributed by atoms with Crippen molar-refractivity contribution in [2.75, 3.05) is 24.7 Å². The summed E-state index contributed by atoms with van der Waals surface area (Å²) < 4.78 is 5.71. The molecule has 0 aliphatic rings. The number of benzene rings is 1. The Kier molecular flexibility index (Phi) is 16.8. The number of unbranched alkanes of at least 4 members (excludes halogenated alkanes) is 1.